The summed E-state index contributed by atoms with van der Waals surface area (Å²) in [4.78, 5) is 12.3. The fourth-order valence-electron chi connectivity index (χ4n) is 2.64. The van der Waals surface area contributed by atoms with Crippen molar-refractivity contribution < 1.29 is 9.53 Å². The van der Waals surface area contributed by atoms with Crippen LogP contribution < -0.4 is 15.8 Å². The molecule has 1 saturated carbocycles. The molecule has 0 bridgehead atoms. The molecular weight excluding hydrogens is 356 g/mol. The zero-order chi connectivity index (χ0) is 14.6. The standard InChI is InChI=1S/C15H21BrN2O2.ClH/c1-20-13-9-11(16)5-6-12(13)14(19)18-10-15(17)7-3-2-4-8-15;/h5-6,9H,2-4,7-8,10,17H2,1H3,(H,18,19);1H. The lowest BCUT2D eigenvalue weighted by Gasteiger charge is -2.33. The van der Waals surface area contributed by atoms with Crippen molar-refractivity contribution in [3.63, 3.8) is 0 Å². The van der Waals surface area contributed by atoms with Gasteiger partial charge >= 0.3 is 0 Å². The quantitative estimate of drug-likeness (QED) is 0.846. The summed E-state index contributed by atoms with van der Waals surface area (Å²) in [6.07, 6.45) is 5.49. The summed E-state index contributed by atoms with van der Waals surface area (Å²) in [5, 5.41) is 2.94. The number of benzene rings is 1. The number of carbonyl (C=O) groups excluding carboxylic acids is 1. The summed E-state index contributed by atoms with van der Waals surface area (Å²) in [5.74, 6) is 0.427. The number of halogens is 2. The van der Waals surface area contributed by atoms with Crippen molar-refractivity contribution in [1.29, 1.82) is 0 Å². The summed E-state index contributed by atoms with van der Waals surface area (Å²) in [7, 11) is 1.56. The lowest BCUT2D eigenvalue weighted by Crippen LogP contribution is -2.51. The minimum absolute atomic E-state index is 0. The van der Waals surface area contributed by atoms with E-state index in [1.165, 1.54) is 6.42 Å². The van der Waals surface area contributed by atoms with E-state index >= 15 is 0 Å². The largest absolute Gasteiger partial charge is 0.496 e. The number of hydrogen-bond donors (Lipinski definition) is 2. The summed E-state index contributed by atoms with van der Waals surface area (Å²) in [6.45, 7) is 0.519. The topological polar surface area (TPSA) is 64.3 Å². The van der Waals surface area contributed by atoms with Crippen LogP contribution in [0.25, 0.3) is 0 Å². The van der Waals surface area contributed by atoms with Crippen molar-refractivity contribution in [2.75, 3.05) is 13.7 Å². The fraction of sp³-hybridized carbons (Fsp3) is 0.533. The van der Waals surface area contributed by atoms with Gasteiger partial charge in [-0.3, -0.25) is 4.79 Å². The molecule has 3 N–H and O–H groups in total. The second-order valence-corrected chi connectivity index (χ2v) is 6.37. The predicted octanol–water partition coefficient (Wildman–Crippen LogP) is 3.27. The molecule has 1 fully saturated rings. The minimum Gasteiger partial charge on any atom is -0.496 e. The molecule has 0 unspecified atom stereocenters. The molecule has 118 valence electrons. The first kappa shape index (κ1) is 18.3. The van der Waals surface area contributed by atoms with Gasteiger partial charge < -0.3 is 15.8 Å². The third-order valence-electron chi connectivity index (χ3n) is 3.86. The monoisotopic (exact) mass is 376 g/mol. The smallest absolute Gasteiger partial charge is 0.255 e. The van der Waals surface area contributed by atoms with E-state index in [1.807, 2.05) is 6.07 Å². The van der Waals surface area contributed by atoms with Crippen LogP contribution in [0.4, 0.5) is 0 Å². The number of amides is 1. The molecule has 1 aromatic carbocycles. The number of carbonyl (C=O) groups is 1. The number of rotatable bonds is 4. The van der Waals surface area contributed by atoms with Crippen molar-refractivity contribution in [1.82, 2.24) is 5.32 Å². The van der Waals surface area contributed by atoms with Crippen LogP contribution in [-0.4, -0.2) is 25.1 Å². The maximum atomic E-state index is 12.3. The Kier molecular flexibility index (Phi) is 6.97. The Balaban J connectivity index is 0.00000220. The van der Waals surface area contributed by atoms with E-state index in [1.54, 1.807) is 19.2 Å². The number of nitrogens with two attached hydrogens (primary N) is 1. The van der Waals surface area contributed by atoms with E-state index in [0.717, 1.165) is 30.2 Å². The molecule has 1 aromatic rings. The van der Waals surface area contributed by atoms with Crippen LogP contribution in [0.5, 0.6) is 5.75 Å². The van der Waals surface area contributed by atoms with Gasteiger partial charge in [-0.2, -0.15) is 0 Å². The van der Waals surface area contributed by atoms with Crippen LogP contribution in [-0.2, 0) is 0 Å². The van der Waals surface area contributed by atoms with E-state index in [0.29, 0.717) is 17.9 Å². The Morgan fingerprint density at radius 1 is 1.38 bits per heavy atom. The summed E-state index contributed by atoms with van der Waals surface area (Å²) in [5.41, 5.74) is 6.61. The van der Waals surface area contributed by atoms with Gasteiger partial charge in [0.1, 0.15) is 5.75 Å². The molecule has 1 aliphatic carbocycles. The third kappa shape index (κ3) is 4.87. The molecular formula is C15H22BrClN2O2. The zero-order valence-electron chi connectivity index (χ0n) is 12.2. The first-order valence-corrected chi connectivity index (χ1v) is 7.74. The van der Waals surface area contributed by atoms with Gasteiger partial charge in [0, 0.05) is 16.6 Å². The van der Waals surface area contributed by atoms with E-state index in [-0.39, 0.29) is 23.9 Å². The summed E-state index contributed by atoms with van der Waals surface area (Å²) < 4.78 is 6.13. The molecule has 0 heterocycles. The van der Waals surface area contributed by atoms with E-state index in [2.05, 4.69) is 21.2 Å². The van der Waals surface area contributed by atoms with Gasteiger partial charge in [-0.15, -0.1) is 12.4 Å². The van der Waals surface area contributed by atoms with Gasteiger partial charge in [0.05, 0.1) is 12.7 Å². The van der Waals surface area contributed by atoms with Crippen molar-refractivity contribution >= 4 is 34.2 Å². The molecule has 0 atom stereocenters. The van der Waals surface area contributed by atoms with Crippen molar-refractivity contribution in [2.45, 2.75) is 37.6 Å². The van der Waals surface area contributed by atoms with Crippen LogP contribution in [0, 0.1) is 0 Å². The highest BCUT2D eigenvalue weighted by molar-refractivity contribution is 9.10. The lowest BCUT2D eigenvalue weighted by atomic mass is 9.82. The number of hydrogen-bond acceptors (Lipinski definition) is 3. The highest BCUT2D eigenvalue weighted by Crippen LogP contribution is 2.26. The van der Waals surface area contributed by atoms with E-state index in [9.17, 15) is 4.79 Å². The Hall–Kier alpha value is -0.780. The molecule has 4 nitrogen and oxygen atoms in total. The molecule has 0 aliphatic heterocycles. The zero-order valence-corrected chi connectivity index (χ0v) is 14.6. The van der Waals surface area contributed by atoms with Crippen LogP contribution in [0.2, 0.25) is 0 Å². The van der Waals surface area contributed by atoms with Gasteiger partial charge in [0.25, 0.3) is 5.91 Å². The van der Waals surface area contributed by atoms with Gasteiger partial charge in [0.2, 0.25) is 0 Å². The number of nitrogens with one attached hydrogen (secondary N) is 1. The second-order valence-electron chi connectivity index (χ2n) is 5.45. The minimum atomic E-state index is -0.253. The molecule has 2 rings (SSSR count). The third-order valence-corrected chi connectivity index (χ3v) is 4.35. The number of ether oxygens (including phenoxy) is 1. The van der Waals surface area contributed by atoms with Gasteiger partial charge in [-0.25, -0.2) is 0 Å². The van der Waals surface area contributed by atoms with Gasteiger partial charge in [0.15, 0.2) is 0 Å². The molecule has 0 spiro atoms. The van der Waals surface area contributed by atoms with E-state index in [4.69, 9.17) is 10.5 Å². The van der Waals surface area contributed by atoms with Crippen LogP contribution in [0.15, 0.2) is 22.7 Å². The van der Waals surface area contributed by atoms with E-state index < -0.39 is 0 Å². The summed E-state index contributed by atoms with van der Waals surface area (Å²) in [6, 6.07) is 5.37. The van der Waals surface area contributed by atoms with Crippen LogP contribution in [0.3, 0.4) is 0 Å². The first-order valence-electron chi connectivity index (χ1n) is 6.95. The molecule has 1 amide bonds. The second kappa shape index (κ2) is 8.01. The van der Waals surface area contributed by atoms with Crippen molar-refractivity contribution in [2.24, 2.45) is 5.73 Å². The van der Waals surface area contributed by atoms with Gasteiger partial charge in [-0.05, 0) is 31.0 Å². The lowest BCUT2D eigenvalue weighted by molar-refractivity contribution is 0.0934. The average molecular weight is 378 g/mol. The Morgan fingerprint density at radius 3 is 2.67 bits per heavy atom. The molecule has 0 aromatic heterocycles. The maximum Gasteiger partial charge on any atom is 0.255 e. The first-order chi connectivity index (χ1) is 9.54. The van der Waals surface area contributed by atoms with Crippen LogP contribution in [0.1, 0.15) is 42.5 Å². The normalized spacial score (nSPS) is 16.7. The summed E-state index contributed by atoms with van der Waals surface area (Å²) >= 11 is 3.36. The van der Waals surface area contributed by atoms with Crippen LogP contribution >= 0.6 is 28.3 Å². The van der Waals surface area contributed by atoms with Crippen molar-refractivity contribution in [3.8, 4) is 5.75 Å². The molecule has 1 aliphatic rings. The molecule has 21 heavy (non-hydrogen) atoms. The Morgan fingerprint density at radius 2 is 2.05 bits per heavy atom. The maximum absolute atomic E-state index is 12.3. The molecule has 0 saturated heterocycles. The molecule has 0 radical (unpaired) electrons. The Bertz CT molecular complexity index is 491. The highest BCUT2D eigenvalue weighted by Gasteiger charge is 2.28. The van der Waals surface area contributed by atoms with Crippen molar-refractivity contribution in [3.05, 3.63) is 28.2 Å². The fourth-order valence-corrected chi connectivity index (χ4v) is 2.98. The number of methoxy groups -OCH3 is 1. The Labute approximate surface area is 140 Å². The SMILES string of the molecule is COc1cc(Br)ccc1C(=O)NCC1(N)CCCCC1.Cl. The molecule has 6 heteroatoms. The highest BCUT2D eigenvalue weighted by atomic mass is 79.9. The average Bonchev–Trinajstić information content (AvgIpc) is 2.45. The predicted molar refractivity (Wildman–Crippen MR) is 90.3 cm³/mol. The van der Waals surface area contributed by atoms with Gasteiger partial charge in [-0.1, -0.05) is 35.2 Å².